The van der Waals surface area contributed by atoms with E-state index in [-0.39, 0.29) is 12.4 Å². The molecule has 0 spiro atoms. The van der Waals surface area contributed by atoms with E-state index < -0.39 is 7.26 Å². The predicted octanol–water partition coefficient (Wildman–Crippen LogP) is 2.64. The molecule has 4 rings (SSSR count). The molecule has 1 nitrogen and oxygen atoms in total. The lowest BCUT2D eigenvalue weighted by molar-refractivity contribution is -0.00000612. The summed E-state index contributed by atoms with van der Waals surface area (Å²) in [4.78, 5) is 0. The molecule has 0 atom stereocenters. The third kappa shape index (κ3) is 5.05. The molecule has 0 radical (unpaired) electrons. The van der Waals surface area contributed by atoms with Gasteiger partial charge in [0.15, 0.2) is 0 Å². The zero-order valence-corrected chi connectivity index (χ0v) is 19.0. The molecule has 0 aliphatic rings. The molecule has 154 valence electrons. The number of hydrogen-bond acceptors (Lipinski definition) is 1. The standard InChI is InChI=1S/C28H25NP.ClH/c29-22-10-11-24-18-20-25(21-19-24)23-30(26-12-4-1-5-13-26,27-14-6-2-7-15-27)28-16-8-3-9-17-28;/h1-9,12-21H,10-11,23H2;1H/q+1;/p-1. The first-order valence-corrected chi connectivity index (χ1v) is 12.3. The van der Waals surface area contributed by atoms with Crippen LogP contribution in [0.5, 0.6) is 0 Å². The molecular weight excluding hydrogens is 417 g/mol. The summed E-state index contributed by atoms with van der Waals surface area (Å²) in [6.07, 6.45) is 2.35. The quantitative estimate of drug-likeness (QED) is 0.404. The summed E-state index contributed by atoms with van der Waals surface area (Å²) in [6, 6.07) is 44.0. The summed E-state index contributed by atoms with van der Waals surface area (Å²) in [6.45, 7) is 0. The molecule has 0 fully saturated rings. The second kappa shape index (κ2) is 10.9. The smallest absolute Gasteiger partial charge is 0.116 e. The monoisotopic (exact) mass is 441 g/mol. The van der Waals surface area contributed by atoms with Crippen LogP contribution in [0.3, 0.4) is 0 Å². The van der Waals surface area contributed by atoms with E-state index in [2.05, 4.69) is 121 Å². The van der Waals surface area contributed by atoms with Crippen molar-refractivity contribution >= 4 is 23.2 Å². The Kier molecular flexibility index (Phi) is 8.02. The fourth-order valence-electron chi connectivity index (χ4n) is 4.05. The van der Waals surface area contributed by atoms with Crippen LogP contribution in [0.15, 0.2) is 115 Å². The molecule has 31 heavy (non-hydrogen) atoms. The Labute approximate surface area is 192 Å². The third-order valence-corrected chi connectivity index (χ3v) is 9.94. The molecule has 0 unspecified atom stereocenters. The summed E-state index contributed by atoms with van der Waals surface area (Å²) in [7, 11) is -1.86. The van der Waals surface area contributed by atoms with Crippen LogP contribution < -0.4 is 28.3 Å². The fraction of sp³-hybridized carbons (Fsp3) is 0.107. The Hall–Kier alpha value is -2.91. The molecule has 0 N–H and O–H groups in total. The second-order valence-electron chi connectivity index (χ2n) is 7.45. The van der Waals surface area contributed by atoms with E-state index in [1.165, 1.54) is 27.0 Å². The molecular formula is C28H25ClNP. The van der Waals surface area contributed by atoms with Crippen LogP contribution in [-0.4, -0.2) is 0 Å². The van der Waals surface area contributed by atoms with Crippen LogP contribution in [0, 0.1) is 11.3 Å². The maximum atomic E-state index is 8.87. The Bertz CT molecular complexity index is 1010. The number of benzene rings is 4. The first kappa shape index (κ1) is 22.8. The highest BCUT2D eigenvalue weighted by atomic mass is 35.5. The Morgan fingerprint density at radius 3 is 1.32 bits per heavy atom. The average molecular weight is 442 g/mol. The molecule has 0 aromatic heterocycles. The molecule has 4 aromatic rings. The van der Waals surface area contributed by atoms with Gasteiger partial charge in [-0.15, -0.1) is 0 Å². The summed E-state index contributed by atoms with van der Waals surface area (Å²) in [5.74, 6) is 0. The molecule has 0 bridgehead atoms. The van der Waals surface area contributed by atoms with E-state index in [9.17, 15) is 0 Å². The minimum absolute atomic E-state index is 0. The van der Waals surface area contributed by atoms with E-state index in [4.69, 9.17) is 5.26 Å². The van der Waals surface area contributed by atoms with E-state index >= 15 is 0 Å². The molecule has 0 saturated heterocycles. The maximum Gasteiger partial charge on any atom is 0.116 e. The number of rotatable bonds is 7. The van der Waals surface area contributed by atoms with Crippen molar-refractivity contribution in [1.29, 1.82) is 5.26 Å². The van der Waals surface area contributed by atoms with Crippen LogP contribution >= 0.6 is 7.26 Å². The molecule has 0 amide bonds. The van der Waals surface area contributed by atoms with Crippen molar-refractivity contribution in [3.05, 3.63) is 126 Å². The van der Waals surface area contributed by atoms with E-state index in [1.54, 1.807) is 0 Å². The number of nitriles is 1. The lowest BCUT2D eigenvalue weighted by atomic mass is 10.1. The molecule has 0 aliphatic heterocycles. The van der Waals surface area contributed by atoms with Crippen molar-refractivity contribution in [3.63, 3.8) is 0 Å². The van der Waals surface area contributed by atoms with Crippen molar-refractivity contribution in [2.45, 2.75) is 19.0 Å². The van der Waals surface area contributed by atoms with Crippen molar-refractivity contribution in [2.24, 2.45) is 0 Å². The van der Waals surface area contributed by atoms with Gasteiger partial charge in [-0.3, -0.25) is 0 Å². The van der Waals surface area contributed by atoms with Gasteiger partial charge in [0.25, 0.3) is 0 Å². The second-order valence-corrected chi connectivity index (χ2v) is 10.9. The maximum absolute atomic E-state index is 8.87. The largest absolute Gasteiger partial charge is 1.00 e. The minimum Gasteiger partial charge on any atom is -1.00 e. The Morgan fingerprint density at radius 1 is 0.548 bits per heavy atom. The van der Waals surface area contributed by atoms with Crippen LogP contribution in [0.2, 0.25) is 0 Å². The van der Waals surface area contributed by atoms with Crippen LogP contribution in [0.1, 0.15) is 17.5 Å². The normalized spacial score (nSPS) is 10.7. The van der Waals surface area contributed by atoms with E-state index in [0.717, 1.165) is 12.6 Å². The third-order valence-electron chi connectivity index (χ3n) is 5.56. The number of halogens is 1. The zero-order valence-electron chi connectivity index (χ0n) is 17.4. The van der Waals surface area contributed by atoms with Crippen LogP contribution in [0.25, 0.3) is 0 Å². The predicted molar refractivity (Wildman–Crippen MR) is 129 cm³/mol. The molecule has 0 heterocycles. The van der Waals surface area contributed by atoms with Gasteiger partial charge in [0.1, 0.15) is 23.2 Å². The SMILES string of the molecule is N#CCCc1ccc(C[P+](c2ccccc2)(c2ccccc2)c2ccccc2)cc1.[Cl-]. The first-order valence-electron chi connectivity index (χ1n) is 10.3. The molecule has 4 aromatic carbocycles. The molecule has 0 saturated carbocycles. The van der Waals surface area contributed by atoms with Crippen LogP contribution in [-0.2, 0) is 12.6 Å². The van der Waals surface area contributed by atoms with Crippen molar-refractivity contribution < 1.29 is 12.4 Å². The van der Waals surface area contributed by atoms with E-state index in [1.807, 2.05) is 0 Å². The number of hydrogen-bond donors (Lipinski definition) is 0. The lowest BCUT2D eigenvalue weighted by Gasteiger charge is -2.28. The van der Waals surface area contributed by atoms with Crippen molar-refractivity contribution in [3.8, 4) is 6.07 Å². The van der Waals surface area contributed by atoms with Gasteiger partial charge in [0.05, 0.1) is 12.2 Å². The average Bonchev–Trinajstić information content (AvgIpc) is 2.84. The lowest BCUT2D eigenvalue weighted by Crippen LogP contribution is -3.00. The fourth-order valence-corrected chi connectivity index (χ4v) is 8.30. The highest BCUT2D eigenvalue weighted by Gasteiger charge is 2.45. The highest BCUT2D eigenvalue weighted by Crippen LogP contribution is 2.58. The minimum atomic E-state index is -1.86. The molecule has 0 aliphatic carbocycles. The summed E-state index contributed by atoms with van der Waals surface area (Å²) in [5.41, 5.74) is 2.56. The summed E-state index contributed by atoms with van der Waals surface area (Å²) in [5, 5.41) is 13.1. The molecule has 3 heteroatoms. The number of nitrogens with zero attached hydrogens (tertiary/aromatic N) is 1. The van der Waals surface area contributed by atoms with Gasteiger partial charge in [0.2, 0.25) is 0 Å². The van der Waals surface area contributed by atoms with E-state index in [0.29, 0.717) is 6.42 Å². The highest BCUT2D eigenvalue weighted by molar-refractivity contribution is 7.95. The van der Waals surface area contributed by atoms with Crippen molar-refractivity contribution in [2.75, 3.05) is 0 Å². The van der Waals surface area contributed by atoms with Gasteiger partial charge in [-0.1, -0.05) is 78.9 Å². The first-order chi connectivity index (χ1) is 14.8. The van der Waals surface area contributed by atoms with Gasteiger partial charge in [-0.25, -0.2) is 0 Å². The van der Waals surface area contributed by atoms with Gasteiger partial charge in [0, 0.05) is 6.42 Å². The summed E-state index contributed by atoms with van der Waals surface area (Å²) >= 11 is 0. The van der Waals surface area contributed by atoms with Gasteiger partial charge in [-0.05, 0) is 53.9 Å². The van der Waals surface area contributed by atoms with Crippen molar-refractivity contribution in [1.82, 2.24) is 0 Å². The van der Waals surface area contributed by atoms with Gasteiger partial charge >= 0.3 is 0 Å². The Balaban J connectivity index is 0.00000272. The number of aryl methyl sites for hydroxylation is 1. The Morgan fingerprint density at radius 2 is 0.935 bits per heavy atom. The van der Waals surface area contributed by atoms with Gasteiger partial charge in [-0.2, -0.15) is 5.26 Å². The topological polar surface area (TPSA) is 23.8 Å². The van der Waals surface area contributed by atoms with Gasteiger partial charge < -0.3 is 12.4 Å². The summed E-state index contributed by atoms with van der Waals surface area (Å²) < 4.78 is 0. The van der Waals surface area contributed by atoms with Crippen LogP contribution in [0.4, 0.5) is 0 Å². The zero-order chi connectivity index (χ0) is 20.7.